The normalized spacial score (nSPS) is 31.5. The van der Waals surface area contributed by atoms with E-state index in [1.54, 1.807) is 0 Å². The Morgan fingerprint density at radius 3 is 2.77 bits per heavy atom. The second-order valence-electron chi connectivity index (χ2n) is 7.16. The van der Waals surface area contributed by atoms with Crippen molar-refractivity contribution in [2.45, 2.75) is 31.6 Å². The van der Waals surface area contributed by atoms with Crippen molar-refractivity contribution in [1.82, 2.24) is 9.88 Å². The van der Waals surface area contributed by atoms with Gasteiger partial charge in [0, 0.05) is 18.7 Å². The minimum atomic E-state index is 0.465. The number of piperidine rings is 1. The van der Waals surface area contributed by atoms with Gasteiger partial charge in [0.2, 0.25) is 0 Å². The van der Waals surface area contributed by atoms with Crippen LogP contribution in [0.1, 0.15) is 42.9 Å². The third-order valence-corrected chi connectivity index (χ3v) is 5.84. The summed E-state index contributed by atoms with van der Waals surface area (Å²) in [5.41, 5.74) is 1.78. The van der Waals surface area contributed by atoms with E-state index in [2.05, 4.69) is 28.1 Å². The molecule has 2 fully saturated rings. The van der Waals surface area contributed by atoms with Crippen LogP contribution in [-0.4, -0.2) is 29.5 Å². The second-order valence-corrected chi connectivity index (χ2v) is 7.16. The molecule has 1 aliphatic heterocycles. The van der Waals surface area contributed by atoms with E-state index in [1.165, 1.54) is 19.4 Å². The first kappa shape index (κ1) is 14.0. The lowest BCUT2D eigenvalue weighted by atomic mass is 9.88. The SMILES string of the molecule is N#Cc1cccnc1C1CCN(CC2CC3C=CC2C3)CC1. The molecule has 3 nitrogen and oxygen atoms in total. The van der Waals surface area contributed by atoms with Crippen LogP contribution in [0.25, 0.3) is 0 Å². The van der Waals surface area contributed by atoms with Crippen LogP contribution >= 0.6 is 0 Å². The topological polar surface area (TPSA) is 39.9 Å². The van der Waals surface area contributed by atoms with Crippen LogP contribution < -0.4 is 0 Å². The van der Waals surface area contributed by atoms with Crippen molar-refractivity contribution in [3.8, 4) is 6.07 Å². The smallest absolute Gasteiger partial charge is 0.101 e. The Morgan fingerprint density at radius 2 is 2.09 bits per heavy atom. The van der Waals surface area contributed by atoms with E-state index in [9.17, 15) is 5.26 Å². The third-order valence-electron chi connectivity index (χ3n) is 5.84. The maximum Gasteiger partial charge on any atom is 0.101 e. The minimum Gasteiger partial charge on any atom is -0.303 e. The maximum atomic E-state index is 9.24. The quantitative estimate of drug-likeness (QED) is 0.802. The van der Waals surface area contributed by atoms with E-state index in [1.807, 2.05) is 18.3 Å². The van der Waals surface area contributed by atoms with Gasteiger partial charge in [-0.05, 0) is 68.7 Å². The lowest BCUT2D eigenvalue weighted by Gasteiger charge is -2.34. The molecule has 2 heterocycles. The molecule has 4 rings (SSSR count). The first-order valence-corrected chi connectivity index (χ1v) is 8.59. The molecule has 3 aliphatic rings. The van der Waals surface area contributed by atoms with E-state index >= 15 is 0 Å². The monoisotopic (exact) mass is 293 g/mol. The average Bonchev–Trinajstić information content (AvgIpc) is 3.18. The molecule has 1 saturated carbocycles. The van der Waals surface area contributed by atoms with Gasteiger partial charge in [-0.15, -0.1) is 0 Å². The van der Waals surface area contributed by atoms with Gasteiger partial charge in [-0.1, -0.05) is 12.2 Å². The zero-order chi connectivity index (χ0) is 14.9. The second kappa shape index (κ2) is 5.85. The molecule has 0 amide bonds. The first-order chi connectivity index (χ1) is 10.8. The molecule has 3 unspecified atom stereocenters. The molecule has 1 aromatic rings. The molecule has 22 heavy (non-hydrogen) atoms. The molecule has 2 aliphatic carbocycles. The zero-order valence-corrected chi connectivity index (χ0v) is 13.0. The molecule has 0 radical (unpaired) electrons. The predicted molar refractivity (Wildman–Crippen MR) is 86.2 cm³/mol. The molecule has 1 saturated heterocycles. The third kappa shape index (κ3) is 2.57. The van der Waals surface area contributed by atoms with Gasteiger partial charge >= 0.3 is 0 Å². The highest BCUT2D eigenvalue weighted by Gasteiger charge is 2.37. The van der Waals surface area contributed by atoms with Crippen molar-refractivity contribution >= 4 is 0 Å². The van der Waals surface area contributed by atoms with Crippen molar-refractivity contribution in [2.24, 2.45) is 17.8 Å². The summed E-state index contributed by atoms with van der Waals surface area (Å²) < 4.78 is 0. The lowest BCUT2D eigenvalue weighted by molar-refractivity contribution is 0.171. The number of hydrogen-bond acceptors (Lipinski definition) is 3. The molecule has 1 aromatic heterocycles. The van der Waals surface area contributed by atoms with Crippen molar-refractivity contribution < 1.29 is 0 Å². The van der Waals surface area contributed by atoms with Gasteiger partial charge in [0.05, 0.1) is 11.3 Å². The number of allylic oxidation sites excluding steroid dienone is 2. The number of aromatic nitrogens is 1. The molecule has 114 valence electrons. The molecular formula is C19H23N3. The van der Waals surface area contributed by atoms with E-state index in [4.69, 9.17) is 0 Å². The number of nitriles is 1. The summed E-state index contributed by atoms with van der Waals surface area (Å²) in [6, 6.07) is 6.06. The summed E-state index contributed by atoms with van der Waals surface area (Å²) in [7, 11) is 0. The Hall–Kier alpha value is -1.66. The van der Waals surface area contributed by atoms with E-state index in [0.717, 1.165) is 54.9 Å². The van der Waals surface area contributed by atoms with Crippen molar-refractivity contribution in [3.63, 3.8) is 0 Å². The van der Waals surface area contributed by atoms with Gasteiger partial charge < -0.3 is 4.90 Å². The summed E-state index contributed by atoms with van der Waals surface area (Å²) in [6.45, 7) is 3.58. The van der Waals surface area contributed by atoms with E-state index in [0.29, 0.717) is 5.92 Å². The Kier molecular flexibility index (Phi) is 3.72. The molecule has 3 heteroatoms. The highest BCUT2D eigenvalue weighted by atomic mass is 15.1. The number of fused-ring (bicyclic) bond motifs is 2. The molecule has 2 bridgehead atoms. The Morgan fingerprint density at radius 1 is 1.23 bits per heavy atom. The van der Waals surface area contributed by atoms with Crippen LogP contribution in [0, 0.1) is 29.1 Å². The van der Waals surface area contributed by atoms with Gasteiger partial charge in [0.1, 0.15) is 6.07 Å². The van der Waals surface area contributed by atoms with E-state index in [-0.39, 0.29) is 0 Å². The summed E-state index contributed by atoms with van der Waals surface area (Å²) in [4.78, 5) is 7.13. The fraction of sp³-hybridized carbons (Fsp3) is 0.579. The van der Waals surface area contributed by atoms with Gasteiger partial charge in [0.25, 0.3) is 0 Å². The van der Waals surface area contributed by atoms with Crippen LogP contribution in [0.5, 0.6) is 0 Å². The minimum absolute atomic E-state index is 0.465. The van der Waals surface area contributed by atoms with Gasteiger partial charge in [-0.2, -0.15) is 5.26 Å². The fourth-order valence-corrected chi connectivity index (χ4v) is 4.66. The molecular weight excluding hydrogens is 270 g/mol. The van der Waals surface area contributed by atoms with Crippen molar-refractivity contribution in [1.29, 1.82) is 5.26 Å². The summed E-state index contributed by atoms with van der Waals surface area (Å²) in [6.07, 6.45) is 11.8. The van der Waals surface area contributed by atoms with Crippen molar-refractivity contribution in [3.05, 3.63) is 41.7 Å². The summed E-state index contributed by atoms with van der Waals surface area (Å²) in [5, 5.41) is 9.24. The molecule has 0 aromatic carbocycles. The lowest BCUT2D eigenvalue weighted by Crippen LogP contribution is -2.37. The molecule has 3 atom stereocenters. The van der Waals surface area contributed by atoms with Crippen molar-refractivity contribution in [2.75, 3.05) is 19.6 Å². The Bertz CT molecular complexity index is 607. The van der Waals surface area contributed by atoms with Crippen LogP contribution in [-0.2, 0) is 0 Å². The highest BCUT2D eigenvalue weighted by Crippen LogP contribution is 2.44. The van der Waals surface area contributed by atoms with Crippen LogP contribution in [0.2, 0.25) is 0 Å². The van der Waals surface area contributed by atoms with Crippen LogP contribution in [0.4, 0.5) is 0 Å². The van der Waals surface area contributed by atoms with E-state index < -0.39 is 0 Å². The molecule has 0 spiro atoms. The fourth-order valence-electron chi connectivity index (χ4n) is 4.66. The Balaban J connectivity index is 1.35. The number of hydrogen-bond donors (Lipinski definition) is 0. The zero-order valence-electron chi connectivity index (χ0n) is 13.0. The van der Waals surface area contributed by atoms with Gasteiger partial charge in [-0.25, -0.2) is 0 Å². The largest absolute Gasteiger partial charge is 0.303 e. The van der Waals surface area contributed by atoms with Crippen LogP contribution in [0.15, 0.2) is 30.5 Å². The maximum absolute atomic E-state index is 9.24. The summed E-state index contributed by atoms with van der Waals surface area (Å²) >= 11 is 0. The van der Waals surface area contributed by atoms with Gasteiger partial charge in [0.15, 0.2) is 0 Å². The summed E-state index contributed by atoms with van der Waals surface area (Å²) in [5.74, 6) is 3.08. The number of nitrogens with zero attached hydrogens (tertiary/aromatic N) is 3. The Labute approximate surface area is 132 Å². The average molecular weight is 293 g/mol. The first-order valence-electron chi connectivity index (χ1n) is 8.59. The molecule has 0 N–H and O–H groups in total. The van der Waals surface area contributed by atoms with Crippen LogP contribution in [0.3, 0.4) is 0 Å². The predicted octanol–water partition coefficient (Wildman–Crippen LogP) is 3.34. The highest BCUT2D eigenvalue weighted by molar-refractivity contribution is 5.35. The number of likely N-dealkylation sites (tertiary alicyclic amines) is 1. The number of pyridine rings is 1. The van der Waals surface area contributed by atoms with Gasteiger partial charge in [-0.3, -0.25) is 4.98 Å². The standard InChI is InChI=1S/C19H23N3/c20-12-17-2-1-7-21-19(17)15-5-8-22(9-6-15)13-18-11-14-3-4-16(18)10-14/h1-4,7,14-16,18H,5-6,8-11,13H2. The number of rotatable bonds is 3.